The second kappa shape index (κ2) is 25.4. The van der Waals surface area contributed by atoms with E-state index in [1.807, 2.05) is 14.0 Å². The average Bonchev–Trinajstić information content (AvgIpc) is 1.11. The summed E-state index contributed by atoms with van der Waals surface area (Å²) in [6.45, 7) is 40.0. The molecule has 0 spiro atoms. The fourth-order valence-electron chi connectivity index (χ4n) is 19.1. The molecule has 9 rings (SSSR count). The molecule has 13 heteroatoms. The number of fused-ring (bicyclic) bond motifs is 7. The van der Waals surface area contributed by atoms with E-state index in [0.717, 1.165) is 75.9 Å². The third-order valence-corrected chi connectivity index (χ3v) is 30.2. The predicted molar refractivity (Wildman–Crippen MR) is 320 cm³/mol. The van der Waals surface area contributed by atoms with Gasteiger partial charge in [0.15, 0.2) is 27.2 Å². The van der Waals surface area contributed by atoms with Gasteiger partial charge in [0.1, 0.15) is 18.2 Å². The van der Waals surface area contributed by atoms with E-state index >= 15 is 0 Å². The van der Waals surface area contributed by atoms with E-state index in [-0.39, 0.29) is 87.7 Å². The van der Waals surface area contributed by atoms with Gasteiger partial charge in [-0.2, -0.15) is 9.59 Å². The maximum Gasteiger partial charge on any atom is 0.373 e. The molecular formula is C69H110O12Si. The standard InChI is InChI=1S/C68H110O10Si.CO2/c1-19-51-43(7)44(8)58(78-79(20-2,21-3)22-4)61(73-51)77-59-57(76-60-45(9)42(6)41(5)39-72-60)46(10)52(36-48-26-24-23-25-27-48)74-62(59)75-55-31-32-64(14)53(65(55,15)40-69)30-33-66(16)54(64)29-28-49-50-37-63(12,13)34-35-68(50,47(11)70)56(71-18)38-67(49,66)17;2-1-3/h23-28,40-46,50-62H,19-22,29-39H2,1-18H3;/t41-,42+,43-,44+,45?,46-,50?,51?,52?,53-,54?,55+,56?,57+,58?,59?,60+,61+,62+,64?,65-,66+,67-,68-;/m1./s1. The summed E-state index contributed by atoms with van der Waals surface area (Å²) in [5.41, 5.74) is 1.14. The number of Topliss-reactive ketones (excluding diaryl/α,β-unsaturated/α-hetero) is 1. The Kier molecular flexibility index (Phi) is 20.3. The number of allylic oxidation sites excluding steroid dienone is 2. The third-order valence-electron chi connectivity index (χ3n) is 25.6. The van der Waals surface area contributed by atoms with Crippen molar-refractivity contribution in [3.63, 3.8) is 0 Å². The van der Waals surface area contributed by atoms with Gasteiger partial charge in [0.2, 0.25) is 0 Å². The monoisotopic (exact) mass is 1160 g/mol. The predicted octanol–water partition coefficient (Wildman–Crippen LogP) is 14.4. The molecule has 1 aromatic carbocycles. The van der Waals surface area contributed by atoms with E-state index < -0.39 is 56.3 Å². The highest BCUT2D eigenvalue weighted by molar-refractivity contribution is 6.73. The van der Waals surface area contributed by atoms with Crippen molar-refractivity contribution in [3.8, 4) is 0 Å². The van der Waals surface area contributed by atoms with Crippen molar-refractivity contribution < 1.29 is 56.8 Å². The van der Waals surface area contributed by atoms with E-state index in [4.69, 9.17) is 47.2 Å². The van der Waals surface area contributed by atoms with Crippen LogP contribution in [0.5, 0.6) is 0 Å². The van der Waals surface area contributed by atoms with Crippen LogP contribution >= 0.6 is 0 Å². The van der Waals surface area contributed by atoms with Crippen molar-refractivity contribution >= 4 is 26.5 Å². The lowest BCUT2D eigenvalue weighted by molar-refractivity contribution is -0.380. The molecule has 24 atom stereocenters. The van der Waals surface area contributed by atoms with Gasteiger partial charge < -0.3 is 42.4 Å². The van der Waals surface area contributed by atoms with E-state index in [0.29, 0.717) is 43.0 Å². The number of hydrogen-bond acceptors (Lipinski definition) is 12. The fraction of sp³-hybridized carbons (Fsp3) is 0.841. The number of ketones is 1. The number of benzene rings is 1. The first kappa shape index (κ1) is 65.5. The Hall–Kier alpha value is -2.42. The van der Waals surface area contributed by atoms with Crippen LogP contribution < -0.4 is 0 Å². The Bertz CT molecular complexity index is 2400. The summed E-state index contributed by atoms with van der Waals surface area (Å²) in [4.78, 5) is 44.9. The molecule has 7 fully saturated rings. The van der Waals surface area contributed by atoms with Crippen LogP contribution in [-0.2, 0) is 63.2 Å². The summed E-state index contributed by atoms with van der Waals surface area (Å²) >= 11 is 0. The largest absolute Gasteiger partial charge is 0.408 e. The van der Waals surface area contributed by atoms with Crippen LogP contribution in [-0.4, -0.2) is 102 Å². The molecule has 462 valence electrons. The molecule has 4 saturated carbocycles. The Balaban J connectivity index is 0.00000287. The highest BCUT2D eigenvalue weighted by atomic mass is 28.4. The van der Waals surface area contributed by atoms with Gasteiger partial charge in [-0.25, -0.2) is 0 Å². The molecule has 3 heterocycles. The fourth-order valence-corrected chi connectivity index (χ4v) is 22.0. The Morgan fingerprint density at radius 2 is 1.34 bits per heavy atom. The van der Waals surface area contributed by atoms with Crippen molar-refractivity contribution in [2.45, 2.75) is 268 Å². The summed E-state index contributed by atoms with van der Waals surface area (Å²) < 4.78 is 58.5. The van der Waals surface area contributed by atoms with Crippen molar-refractivity contribution in [2.75, 3.05) is 13.7 Å². The number of carbonyl (C=O) groups is 2. The molecule has 9 unspecified atom stereocenters. The first-order valence-electron chi connectivity index (χ1n) is 32.5. The molecule has 0 radical (unpaired) electrons. The zero-order valence-electron chi connectivity index (χ0n) is 54.0. The zero-order chi connectivity index (χ0) is 60.1. The Labute approximate surface area is 496 Å². The maximum absolute atomic E-state index is 14.5. The number of ether oxygens (including phenoxy) is 7. The van der Waals surface area contributed by atoms with Crippen LogP contribution in [0, 0.1) is 85.8 Å². The van der Waals surface area contributed by atoms with E-state index in [9.17, 15) is 9.59 Å². The minimum Gasteiger partial charge on any atom is -0.408 e. The molecule has 3 aliphatic heterocycles. The second-order valence-corrected chi connectivity index (χ2v) is 34.4. The number of methoxy groups -OCH3 is 1. The van der Waals surface area contributed by atoms with E-state index in [2.05, 4.69) is 147 Å². The molecule has 0 bridgehead atoms. The second-order valence-electron chi connectivity index (χ2n) is 29.7. The van der Waals surface area contributed by atoms with Crippen LogP contribution in [0.1, 0.15) is 187 Å². The van der Waals surface area contributed by atoms with Crippen LogP contribution in [0.3, 0.4) is 0 Å². The molecule has 0 aromatic heterocycles. The van der Waals surface area contributed by atoms with Gasteiger partial charge in [-0.05, 0) is 164 Å². The highest BCUT2D eigenvalue weighted by Crippen LogP contribution is 2.76. The lowest BCUT2D eigenvalue weighted by Gasteiger charge is -2.72. The van der Waals surface area contributed by atoms with Gasteiger partial charge in [-0.3, -0.25) is 4.79 Å². The first-order valence-corrected chi connectivity index (χ1v) is 35.1. The molecule has 82 heavy (non-hydrogen) atoms. The van der Waals surface area contributed by atoms with Crippen LogP contribution in [0.4, 0.5) is 0 Å². The van der Waals surface area contributed by atoms with Gasteiger partial charge in [0, 0.05) is 18.9 Å². The topological polar surface area (TPSA) is 142 Å². The number of aldehydes is 1. The smallest absolute Gasteiger partial charge is 0.373 e. The molecule has 12 nitrogen and oxygen atoms in total. The Morgan fingerprint density at radius 3 is 1.95 bits per heavy atom. The molecule has 0 N–H and O–H groups in total. The normalized spacial score (nSPS) is 46.2. The summed E-state index contributed by atoms with van der Waals surface area (Å²) in [6.07, 6.45) is 9.48. The van der Waals surface area contributed by atoms with Gasteiger partial charge >= 0.3 is 6.15 Å². The van der Waals surface area contributed by atoms with Gasteiger partial charge in [-0.15, -0.1) is 0 Å². The number of rotatable bonds is 17. The maximum atomic E-state index is 14.5. The molecule has 8 aliphatic rings. The summed E-state index contributed by atoms with van der Waals surface area (Å²) in [5, 5.41) is 0. The van der Waals surface area contributed by atoms with Crippen LogP contribution in [0.2, 0.25) is 18.1 Å². The summed E-state index contributed by atoms with van der Waals surface area (Å²) in [5.74, 6) is 2.11. The third kappa shape index (κ3) is 11.3. The number of hydrogen-bond donors (Lipinski definition) is 0. The molecule has 3 saturated heterocycles. The van der Waals surface area contributed by atoms with Gasteiger partial charge in [0.25, 0.3) is 0 Å². The molecule has 0 amide bonds. The van der Waals surface area contributed by atoms with Crippen LogP contribution in [0.15, 0.2) is 42.0 Å². The molecular weight excluding hydrogens is 1050 g/mol. The summed E-state index contributed by atoms with van der Waals surface area (Å²) in [7, 11) is -0.302. The average molecular weight is 1160 g/mol. The quantitative estimate of drug-likeness (QED) is 0.0634. The first-order chi connectivity index (χ1) is 38.7. The highest BCUT2D eigenvalue weighted by Gasteiger charge is 2.72. The van der Waals surface area contributed by atoms with Crippen molar-refractivity contribution in [1.82, 2.24) is 0 Å². The number of carbonyl (C=O) groups excluding carboxylic acids is 4. The van der Waals surface area contributed by atoms with Crippen molar-refractivity contribution in [3.05, 3.63) is 47.5 Å². The minimum atomic E-state index is -2.15. The molecule has 1 aromatic rings. The Morgan fingerprint density at radius 1 is 0.707 bits per heavy atom. The van der Waals surface area contributed by atoms with Crippen molar-refractivity contribution in [2.24, 2.45) is 85.8 Å². The minimum absolute atomic E-state index is 0.0177. The summed E-state index contributed by atoms with van der Waals surface area (Å²) in [6, 6.07) is 13.7. The van der Waals surface area contributed by atoms with Crippen LogP contribution in [0.25, 0.3) is 0 Å². The lowest BCUT2D eigenvalue weighted by atomic mass is 9.33. The molecule has 5 aliphatic carbocycles. The van der Waals surface area contributed by atoms with E-state index in [1.54, 1.807) is 0 Å². The lowest BCUT2D eigenvalue weighted by Crippen LogP contribution is -2.68. The van der Waals surface area contributed by atoms with Crippen molar-refractivity contribution in [1.29, 1.82) is 0 Å². The van der Waals surface area contributed by atoms with E-state index in [1.165, 1.54) is 17.4 Å². The zero-order valence-corrected chi connectivity index (χ0v) is 55.0. The van der Waals surface area contributed by atoms with Gasteiger partial charge in [0.05, 0.1) is 54.1 Å². The SMILES string of the molecule is CCC1O[C@@H](OC2[C@H](O[C@H]3CCC4(C)C5CC=C6C7CC(C)(C)CC[C@]7(C(C)=O)C(OC)C[C@@]6(C)[C@@]5(C)CC[C@H]4[C@@]3(C)C=O)OC(Cc3ccccc3)[C@@H](C)[C@@H]2O[C@@H]2OC[C@@H](C)[C@H](C)C2C)C(O[Si](CC)(CC)CC)[C@@H](C)[C@H]1C.O=C=O. The van der Waals surface area contributed by atoms with Gasteiger partial charge in [-0.1, -0.05) is 153 Å².